The molecule has 0 unspecified atom stereocenters. The van der Waals surface area contributed by atoms with Gasteiger partial charge in [0.05, 0.1) is 17.7 Å². The first-order chi connectivity index (χ1) is 14.6. The Bertz CT molecular complexity index is 1230. The van der Waals surface area contributed by atoms with Crippen molar-refractivity contribution in [3.8, 4) is 11.5 Å². The number of ketones is 2. The van der Waals surface area contributed by atoms with E-state index in [1.165, 1.54) is 0 Å². The van der Waals surface area contributed by atoms with E-state index in [0.717, 1.165) is 0 Å². The Labute approximate surface area is 174 Å². The molecule has 0 amide bonds. The zero-order valence-electron chi connectivity index (χ0n) is 16.5. The van der Waals surface area contributed by atoms with Crippen molar-refractivity contribution in [2.24, 2.45) is 0 Å². The molecule has 0 aliphatic heterocycles. The zero-order valence-corrected chi connectivity index (χ0v) is 16.5. The summed E-state index contributed by atoms with van der Waals surface area (Å²) >= 11 is 0. The molecule has 0 saturated carbocycles. The molecule has 0 fully saturated rings. The normalized spacial score (nSPS) is 10.7. The van der Waals surface area contributed by atoms with Gasteiger partial charge in [0, 0.05) is 21.9 Å². The molecule has 1 N–H and O–H groups in total. The highest BCUT2D eigenvalue weighted by molar-refractivity contribution is 6.17. The van der Waals surface area contributed by atoms with Crippen LogP contribution in [0.15, 0.2) is 84.9 Å². The summed E-state index contributed by atoms with van der Waals surface area (Å²) < 4.78 is 5.82. The fourth-order valence-electron chi connectivity index (χ4n) is 3.51. The molecule has 4 heteroatoms. The Kier molecular flexibility index (Phi) is 5.31. The summed E-state index contributed by atoms with van der Waals surface area (Å²) in [4.78, 5) is 25.9. The van der Waals surface area contributed by atoms with Gasteiger partial charge in [0.25, 0.3) is 0 Å². The summed E-state index contributed by atoms with van der Waals surface area (Å²) in [6.45, 7) is 2.20. The molecule has 148 valence electrons. The van der Waals surface area contributed by atoms with Gasteiger partial charge >= 0.3 is 0 Å². The minimum Gasteiger partial charge on any atom is -0.507 e. The molecule has 0 atom stereocenters. The fraction of sp³-hybridized carbons (Fsp3) is 0.0769. The molecule has 4 nitrogen and oxygen atoms in total. The predicted molar refractivity (Wildman–Crippen MR) is 117 cm³/mol. The Morgan fingerprint density at radius 3 is 1.77 bits per heavy atom. The number of rotatable bonds is 6. The number of hydrogen-bond acceptors (Lipinski definition) is 4. The topological polar surface area (TPSA) is 63.6 Å². The van der Waals surface area contributed by atoms with Crippen molar-refractivity contribution in [3.63, 3.8) is 0 Å². The van der Waals surface area contributed by atoms with E-state index in [9.17, 15) is 14.7 Å². The molecule has 0 radical (unpaired) electrons. The summed E-state index contributed by atoms with van der Waals surface area (Å²) in [5.74, 6) is -0.152. The number of hydrogen-bond donors (Lipinski definition) is 1. The molecule has 0 aliphatic rings. The molecule has 0 spiro atoms. The van der Waals surface area contributed by atoms with Crippen LogP contribution in [0.4, 0.5) is 0 Å². The Balaban J connectivity index is 1.86. The molecule has 4 aromatic carbocycles. The van der Waals surface area contributed by atoms with E-state index in [1.807, 2.05) is 31.2 Å². The third-order valence-corrected chi connectivity index (χ3v) is 4.97. The van der Waals surface area contributed by atoms with E-state index in [2.05, 4.69) is 0 Å². The molecular formula is C26H20O4. The Hall–Kier alpha value is -3.92. The molecule has 4 rings (SSSR count). The van der Waals surface area contributed by atoms with E-state index in [4.69, 9.17) is 4.74 Å². The van der Waals surface area contributed by atoms with Gasteiger partial charge in [-0.15, -0.1) is 0 Å². The first-order valence-electron chi connectivity index (χ1n) is 9.72. The lowest BCUT2D eigenvalue weighted by Gasteiger charge is -2.15. The number of phenols is 1. The summed E-state index contributed by atoms with van der Waals surface area (Å²) in [6, 6.07) is 24.4. The second kappa shape index (κ2) is 8.21. The molecule has 0 saturated heterocycles. The van der Waals surface area contributed by atoms with Crippen LogP contribution in [-0.2, 0) is 0 Å². The first kappa shape index (κ1) is 19.4. The highest BCUT2D eigenvalue weighted by Crippen LogP contribution is 2.38. The monoisotopic (exact) mass is 396 g/mol. The van der Waals surface area contributed by atoms with Crippen molar-refractivity contribution in [1.29, 1.82) is 0 Å². The van der Waals surface area contributed by atoms with Gasteiger partial charge in [-0.25, -0.2) is 0 Å². The lowest BCUT2D eigenvalue weighted by molar-refractivity contribution is 0.102. The van der Waals surface area contributed by atoms with Crippen LogP contribution in [0, 0.1) is 0 Å². The van der Waals surface area contributed by atoms with Crippen LogP contribution in [0.3, 0.4) is 0 Å². The maximum absolute atomic E-state index is 13.0. The maximum atomic E-state index is 13.0. The van der Waals surface area contributed by atoms with Crippen LogP contribution in [0.2, 0.25) is 0 Å². The number of phenolic OH excluding ortho intramolecular Hbond substituents is 1. The number of ether oxygens (including phenoxy) is 1. The summed E-state index contributed by atoms with van der Waals surface area (Å²) in [5, 5.41) is 11.9. The largest absolute Gasteiger partial charge is 0.507 e. The fourth-order valence-corrected chi connectivity index (χ4v) is 3.51. The Morgan fingerprint density at radius 1 is 0.700 bits per heavy atom. The van der Waals surface area contributed by atoms with E-state index in [-0.39, 0.29) is 22.9 Å². The van der Waals surface area contributed by atoms with E-state index >= 15 is 0 Å². The lowest BCUT2D eigenvalue weighted by Crippen LogP contribution is -2.07. The third-order valence-electron chi connectivity index (χ3n) is 4.97. The van der Waals surface area contributed by atoms with Crippen LogP contribution in [0.5, 0.6) is 11.5 Å². The van der Waals surface area contributed by atoms with Gasteiger partial charge in [0.2, 0.25) is 0 Å². The third kappa shape index (κ3) is 3.44. The van der Waals surface area contributed by atoms with Gasteiger partial charge in [-0.2, -0.15) is 0 Å². The minimum atomic E-state index is -0.266. The predicted octanol–water partition coefficient (Wildman–Crippen LogP) is 5.41. The van der Waals surface area contributed by atoms with Crippen molar-refractivity contribution in [2.75, 3.05) is 6.61 Å². The second-order valence-electron chi connectivity index (χ2n) is 6.82. The van der Waals surface area contributed by atoms with E-state index in [1.54, 1.807) is 60.7 Å². The zero-order chi connectivity index (χ0) is 21.1. The molecule has 30 heavy (non-hydrogen) atoms. The quantitative estimate of drug-likeness (QED) is 0.443. The van der Waals surface area contributed by atoms with Crippen LogP contribution in [0.1, 0.15) is 38.8 Å². The summed E-state index contributed by atoms with van der Waals surface area (Å²) in [6.07, 6.45) is 0. The first-order valence-corrected chi connectivity index (χ1v) is 9.72. The van der Waals surface area contributed by atoms with Gasteiger partial charge in [-0.05, 0) is 31.2 Å². The molecule has 0 heterocycles. The van der Waals surface area contributed by atoms with Gasteiger partial charge in [0.15, 0.2) is 11.6 Å². The highest BCUT2D eigenvalue weighted by atomic mass is 16.5. The molecule has 0 aromatic heterocycles. The average molecular weight is 396 g/mol. The number of fused-ring (bicyclic) bond motifs is 1. The van der Waals surface area contributed by atoms with Gasteiger partial charge in [-0.3, -0.25) is 9.59 Å². The highest BCUT2D eigenvalue weighted by Gasteiger charge is 2.21. The van der Waals surface area contributed by atoms with Gasteiger partial charge in [0.1, 0.15) is 11.5 Å². The Morgan fingerprint density at radius 2 is 1.20 bits per heavy atom. The molecule has 4 aromatic rings. The van der Waals surface area contributed by atoms with Crippen LogP contribution in [-0.4, -0.2) is 23.3 Å². The van der Waals surface area contributed by atoms with Gasteiger partial charge < -0.3 is 9.84 Å². The molecular weight excluding hydrogens is 376 g/mol. The number of aromatic hydroxyl groups is 1. The smallest absolute Gasteiger partial charge is 0.196 e. The van der Waals surface area contributed by atoms with Crippen molar-refractivity contribution in [1.82, 2.24) is 0 Å². The standard InChI is InChI=1S/C26H20O4/c1-2-30-26-20-14-15-21(23(27)17-9-5-3-6-10-17)25(29)19(20)13-16-22(26)24(28)18-11-7-4-8-12-18/h3-16,29H,2H2,1H3. The van der Waals surface area contributed by atoms with Crippen LogP contribution in [0.25, 0.3) is 10.8 Å². The summed E-state index contributed by atoms with van der Waals surface area (Å²) in [7, 11) is 0. The minimum absolute atomic E-state index is 0.124. The van der Waals surface area contributed by atoms with Crippen molar-refractivity contribution in [3.05, 3.63) is 107 Å². The number of carbonyl (C=O) groups excluding carboxylic acids is 2. The van der Waals surface area contributed by atoms with Crippen LogP contribution >= 0.6 is 0 Å². The van der Waals surface area contributed by atoms with Crippen molar-refractivity contribution >= 4 is 22.3 Å². The molecule has 0 aliphatic carbocycles. The SMILES string of the molecule is CCOc1c(C(=O)c2ccccc2)ccc2c(O)c(C(=O)c3ccccc3)ccc12. The number of benzene rings is 4. The van der Waals surface area contributed by atoms with Gasteiger partial charge in [-0.1, -0.05) is 60.7 Å². The summed E-state index contributed by atoms with van der Waals surface area (Å²) in [5.41, 5.74) is 1.67. The molecule has 0 bridgehead atoms. The average Bonchev–Trinajstić information content (AvgIpc) is 2.80. The lowest BCUT2D eigenvalue weighted by atomic mass is 9.94. The van der Waals surface area contributed by atoms with Crippen LogP contribution < -0.4 is 4.74 Å². The van der Waals surface area contributed by atoms with E-state index in [0.29, 0.717) is 39.8 Å². The maximum Gasteiger partial charge on any atom is 0.196 e. The van der Waals surface area contributed by atoms with E-state index < -0.39 is 0 Å². The van der Waals surface area contributed by atoms with Crippen molar-refractivity contribution in [2.45, 2.75) is 6.92 Å². The second-order valence-corrected chi connectivity index (χ2v) is 6.82. The van der Waals surface area contributed by atoms with Crippen molar-refractivity contribution < 1.29 is 19.4 Å². The number of carbonyl (C=O) groups is 2.